The Morgan fingerprint density at radius 1 is 0.875 bits per heavy atom. The molecular formula is C28H26N2O2. The smallest absolute Gasteiger partial charge is 0.250 e. The van der Waals surface area contributed by atoms with E-state index >= 15 is 0 Å². The molecule has 2 atom stereocenters. The van der Waals surface area contributed by atoms with Gasteiger partial charge >= 0.3 is 0 Å². The first-order chi connectivity index (χ1) is 15.6. The molecule has 0 unspecified atom stereocenters. The molecule has 0 spiro atoms. The summed E-state index contributed by atoms with van der Waals surface area (Å²) in [5, 5.41) is 11.7. The third-order valence-corrected chi connectivity index (χ3v) is 7.36. The predicted octanol–water partition coefficient (Wildman–Crippen LogP) is 3.58. The van der Waals surface area contributed by atoms with Crippen molar-refractivity contribution in [2.24, 2.45) is 5.92 Å². The second kappa shape index (κ2) is 7.48. The highest BCUT2D eigenvalue weighted by Gasteiger charge is 2.40. The van der Waals surface area contributed by atoms with E-state index in [1.165, 1.54) is 5.69 Å². The average Bonchev–Trinajstić information content (AvgIpc) is 3.07. The van der Waals surface area contributed by atoms with E-state index in [4.69, 9.17) is 0 Å². The van der Waals surface area contributed by atoms with E-state index in [1.54, 1.807) is 6.07 Å². The van der Waals surface area contributed by atoms with Crippen LogP contribution in [0.15, 0.2) is 71.5 Å². The lowest BCUT2D eigenvalue weighted by Crippen LogP contribution is -2.47. The Labute approximate surface area is 188 Å². The average molecular weight is 423 g/mol. The first-order valence-electron chi connectivity index (χ1n) is 11.4. The summed E-state index contributed by atoms with van der Waals surface area (Å²) >= 11 is 0. The summed E-state index contributed by atoms with van der Waals surface area (Å²) in [5.41, 5.74) is 4.33. The number of piperidine rings is 1. The zero-order valence-electron chi connectivity index (χ0n) is 18.0. The summed E-state index contributed by atoms with van der Waals surface area (Å²) in [5.74, 6) is 7.53. The summed E-state index contributed by atoms with van der Waals surface area (Å²) in [6.45, 7) is 3.42. The fraction of sp³-hybridized carbons (Fsp3) is 0.321. The van der Waals surface area contributed by atoms with Crippen LogP contribution in [-0.4, -0.2) is 34.2 Å². The maximum Gasteiger partial charge on any atom is 0.250 e. The number of rotatable bonds is 2. The lowest BCUT2D eigenvalue weighted by atomic mass is 9.83. The van der Waals surface area contributed by atoms with Crippen LogP contribution in [0.3, 0.4) is 0 Å². The highest BCUT2D eigenvalue weighted by atomic mass is 16.3. The molecule has 32 heavy (non-hydrogen) atoms. The van der Waals surface area contributed by atoms with Crippen molar-refractivity contribution in [3.05, 3.63) is 93.9 Å². The van der Waals surface area contributed by atoms with Gasteiger partial charge < -0.3 is 9.67 Å². The van der Waals surface area contributed by atoms with E-state index in [9.17, 15) is 9.90 Å². The van der Waals surface area contributed by atoms with E-state index in [1.807, 2.05) is 47.0 Å². The third kappa shape index (κ3) is 3.04. The molecule has 0 saturated carbocycles. The van der Waals surface area contributed by atoms with Crippen LogP contribution in [0.4, 0.5) is 0 Å². The monoisotopic (exact) mass is 422 g/mol. The highest BCUT2D eigenvalue weighted by molar-refractivity contribution is 5.80. The standard InChI is InChI=1S/C28H26N2O2/c31-27-13-7-12-26-21-16-20(18-30(26)27)17-29(19-21)15-6-5-14-28(32)24-10-3-1-8-22(24)23-9-2-4-11-25(23)28/h1-4,7-13,20-21,32H,14-19H2/t20-,21+/m0/s1. The summed E-state index contributed by atoms with van der Waals surface area (Å²) in [4.78, 5) is 14.6. The fourth-order valence-electron chi connectivity index (χ4n) is 5.98. The van der Waals surface area contributed by atoms with E-state index in [0.717, 1.165) is 48.3 Å². The maximum absolute atomic E-state index is 12.2. The van der Waals surface area contributed by atoms with Gasteiger partial charge in [0.15, 0.2) is 0 Å². The Bertz CT molecular complexity index is 1270. The zero-order valence-corrected chi connectivity index (χ0v) is 18.0. The summed E-state index contributed by atoms with van der Waals surface area (Å²) in [6.07, 6.45) is 1.54. The molecule has 0 radical (unpaired) electrons. The number of hydrogen-bond donors (Lipinski definition) is 1. The van der Waals surface area contributed by atoms with Gasteiger partial charge in [-0.05, 0) is 40.7 Å². The second-order valence-corrected chi connectivity index (χ2v) is 9.37. The topological polar surface area (TPSA) is 45.5 Å². The van der Waals surface area contributed by atoms with Gasteiger partial charge in [-0.15, -0.1) is 0 Å². The van der Waals surface area contributed by atoms with Crippen LogP contribution in [0, 0.1) is 17.8 Å². The summed E-state index contributed by atoms with van der Waals surface area (Å²) in [7, 11) is 0. The molecule has 2 bridgehead atoms. The minimum Gasteiger partial charge on any atom is -0.379 e. The first kappa shape index (κ1) is 19.5. The van der Waals surface area contributed by atoms with E-state index < -0.39 is 5.60 Å². The molecule has 1 aromatic heterocycles. The maximum atomic E-state index is 12.2. The van der Waals surface area contributed by atoms with Crippen molar-refractivity contribution in [3.8, 4) is 23.0 Å². The molecular weight excluding hydrogens is 396 g/mol. The van der Waals surface area contributed by atoms with Crippen molar-refractivity contribution < 1.29 is 5.11 Å². The SMILES string of the molecule is O=c1cccc2n1C[C@H]1C[C@@H]2CN(CC#CCC2(O)c3ccccc3-c3ccccc32)C1. The van der Waals surface area contributed by atoms with E-state index in [0.29, 0.717) is 24.8 Å². The zero-order chi connectivity index (χ0) is 21.7. The molecule has 4 nitrogen and oxygen atoms in total. The normalized spacial score (nSPS) is 22.3. The van der Waals surface area contributed by atoms with Gasteiger partial charge in [0.05, 0.1) is 6.54 Å². The van der Waals surface area contributed by atoms with Gasteiger partial charge in [-0.25, -0.2) is 0 Å². The summed E-state index contributed by atoms with van der Waals surface area (Å²) < 4.78 is 1.96. The van der Waals surface area contributed by atoms with Crippen LogP contribution in [0.5, 0.6) is 0 Å². The van der Waals surface area contributed by atoms with Crippen molar-refractivity contribution in [1.82, 2.24) is 9.47 Å². The van der Waals surface area contributed by atoms with Crippen LogP contribution in [0.1, 0.15) is 35.6 Å². The number of hydrogen-bond acceptors (Lipinski definition) is 3. The van der Waals surface area contributed by atoms with Gasteiger partial charge in [0, 0.05) is 43.7 Å². The van der Waals surface area contributed by atoms with Gasteiger partial charge in [0.25, 0.3) is 5.56 Å². The van der Waals surface area contributed by atoms with Gasteiger partial charge in [-0.1, -0.05) is 66.4 Å². The number of aliphatic hydroxyl groups is 1. The molecule has 6 rings (SSSR count). The van der Waals surface area contributed by atoms with Crippen LogP contribution in [0.2, 0.25) is 0 Å². The Kier molecular flexibility index (Phi) is 4.57. The Morgan fingerprint density at radius 3 is 2.34 bits per heavy atom. The molecule has 3 aromatic rings. The number of likely N-dealkylation sites (tertiary alicyclic amines) is 1. The Hall–Kier alpha value is -3.13. The van der Waals surface area contributed by atoms with Crippen molar-refractivity contribution >= 4 is 0 Å². The minimum atomic E-state index is -1.06. The minimum absolute atomic E-state index is 0.121. The van der Waals surface area contributed by atoms with Crippen LogP contribution >= 0.6 is 0 Å². The second-order valence-electron chi connectivity index (χ2n) is 9.37. The number of aromatic nitrogens is 1. The van der Waals surface area contributed by atoms with E-state index in [2.05, 4.69) is 34.9 Å². The molecule has 160 valence electrons. The molecule has 3 heterocycles. The molecule has 1 saturated heterocycles. The molecule has 0 amide bonds. The van der Waals surface area contributed by atoms with Crippen LogP contribution < -0.4 is 5.56 Å². The molecule has 4 heteroatoms. The van der Waals surface area contributed by atoms with Gasteiger partial charge in [0.2, 0.25) is 0 Å². The third-order valence-electron chi connectivity index (χ3n) is 7.36. The van der Waals surface area contributed by atoms with Crippen molar-refractivity contribution in [1.29, 1.82) is 0 Å². The number of pyridine rings is 1. The molecule has 2 aliphatic heterocycles. The van der Waals surface area contributed by atoms with E-state index in [-0.39, 0.29) is 5.56 Å². The molecule has 2 aromatic carbocycles. The molecule has 1 fully saturated rings. The largest absolute Gasteiger partial charge is 0.379 e. The first-order valence-corrected chi connectivity index (χ1v) is 11.4. The summed E-state index contributed by atoms with van der Waals surface area (Å²) in [6, 6.07) is 21.8. The van der Waals surface area contributed by atoms with Crippen LogP contribution in [0.25, 0.3) is 11.1 Å². The Balaban J connectivity index is 1.20. The molecule has 3 aliphatic rings. The van der Waals surface area contributed by atoms with Gasteiger partial charge in [0.1, 0.15) is 5.60 Å². The van der Waals surface area contributed by atoms with Gasteiger partial charge in [-0.2, -0.15) is 0 Å². The van der Waals surface area contributed by atoms with Gasteiger partial charge in [-0.3, -0.25) is 9.69 Å². The Morgan fingerprint density at radius 2 is 1.59 bits per heavy atom. The predicted molar refractivity (Wildman–Crippen MR) is 125 cm³/mol. The van der Waals surface area contributed by atoms with Crippen LogP contribution in [-0.2, 0) is 12.1 Å². The van der Waals surface area contributed by atoms with Crippen molar-refractivity contribution in [2.75, 3.05) is 19.6 Å². The number of nitrogens with zero attached hydrogens (tertiary/aromatic N) is 2. The van der Waals surface area contributed by atoms with Crippen molar-refractivity contribution in [3.63, 3.8) is 0 Å². The number of benzene rings is 2. The lowest BCUT2D eigenvalue weighted by molar-refractivity contribution is 0.0913. The quantitative estimate of drug-likeness (QED) is 0.642. The fourth-order valence-corrected chi connectivity index (χ4v) is 5.98. The number of fused-ring (bicyclic) bond motifs is 7. The highest BCUT2D eigenvalue weighted by Crippen LogP contribution is 2.48. The lowest BCUT2D eigenvalue weighted by Gasteiger charge is -2.42. The molecule has 1 N–H and O–H groups in total. The van der Waals surface area contributed by atoms with Crippen molar-refractivity contribution in [2.45, 2.75) is 30.9 Å². The molecule has 1 aliphatic carbocycles.